The first-order chi connectivity index (χ1) is 14.5. The maximum absolute atomic E-state index is 13.5. The largest absolute Gasteiger partial charge is 0.383 e. The maximum atomic E-state index is 13.5. The number of fused-ring (bicyclic) bond motifs is 2. The van der Waals surface area contributed by atoms with Crippen molar-refractivity contribution in [2.24, 2.45) is 5.92 Å². The molecule has 0 spiro atoms. The first kappa shape index (κ1) is 19.1. The highest BCUT2D eigenvalue weighted by atomic mass is 16.5. The Morgan fingerprint density at radius 3 is 2.83 bits per heavy atom. The number of aromatic nitrogens is 1. The second-order valence-electron chi connectivity index (χ2n) is 8.80. The van der Waals surface area contributed by atoms with E-state index in [-0.39, 0.29) is 5.78 Å². The summed E-state index contributed by atoms with van der Waals surface area (Å²) in [7, 11) is 3.98. The summed E-state index contributed by atoms with van der Waals surface area (Å²) in [5.74, 6) is 1.48. The van der Waals surface area contributed by atoms with E-state index < -0.39 is 0 Å². The minimum Gasteiger partial charge on any atom is -0.383 e. The highest BCUT2D eigenvalue weighted by Crippen LogP contribution is 2.45. The van der Waals surface area contributed by atoms with Gasteiger partial charge in [-0.05, 0) is 31.4 Å². The van der Waals surface area contributed by atoms with Gasteiger partial charge >= 0.3 is 0 Å². The van der Waals surface area contributed by atoms with Gasteiger partial charge in [-0.1, -0.05) is 36.3 Å². The minimum atomic E-state index is 0.0331. The van der Waals surface area contributed by atoms with Crippen LogP contribution in [0, 0.1) is 5.92 Å². The van der Waals surface area contributed by atoms with Gasteiger partial charge in [-0.25, -0.2) is 0 Å². The zero-order valence-electron chi connectivity index (χ0n) is 17.9. The van der Waals surface area contributed by atoms with Crippen molar-refractivity contribution in [2.45, 2.75) is 19.8 Å². The Morgan fingerprint density at radius 2 is 2.07 bits per heavy atom. The summed E-state index contributed by atoms with van der Waals surface area (Å²) >= 11 is 0. The number of benzene rings is 2. The molecule has 1 fully saturated rings. The van der Waals surface area contributed by atoms with Crippen LogP contribution < -0.4 is 10.2 Å². The molecule has 0 bridgehead atoms. The Bertz CT molecular complexity index is 1120. The van der Waals surface area contributed by atoms with Crippen molar-refractivity contribution in [3.63, 3.8) is 0 Å². The SMILES string of the molecule is C[C@@H]1CCCN(CCNc2cc(N(C)C)c3noc4c3c2C(=O)c2ccccc2-4)C1. The Hall–Kier alpha value is -2.86. The number of likely N-dealkylation sites (tertiary alicyclic amines) is 1. The molecule has 0 saturated carbocycles. The molecule has 2 heterocycles. The Kier molecular flexibility index (Phi) is 4.74. The normalized spacial score (nSPS) is 18.5. The summed E-state index contributed by atoms with van der Waals surface area (Å²) < 4.78 is 5.76. The van der Waals surface area contributed by atoms with Crippen LogP contribution in [0.1, 0.15) is 35.7 Å². The summed E-state index contributed by atoms with van der Waals surface area (Å²) in [6, 6.07) is 9.67. The van der Waals surface area contributed by atoms with Gasteiger partial charge in [-0.2, -0.15) is 0 Å². The lowest BCUT2D eigenvalue weighted by Gasteiger charge is -2.31. The Balaban J connectivity index is 1.54. The van der Waals surface area contributed by atoms with Crippen LogP contribution in [0.5, 0.6) is 0 Å². The maximum Gasteiger partial charge on any atom is 0.196 e. The fourth-order valence-corrected chi connectivity index (χ4v) is 4.86. The Morgan fingerprint density at radius 1 is 1.27 bits per heavy atom. The van der Waals surface area contributed by atoms with Crippen LogP contribution in [0.15, 0.2) is 34.9 Å². The molecule has 6 heteroatoms. The lowest BCUT2D eigenvalue weighted by Crippen LogP contribution is -2.37. The van der Waals surface area contributed by atoms with E-state index in [2.05, 4.69) is 22.3 Å². The number of nitrogens with one attached hydrogen (secondary N) is 1. The van der Waals surface area contributed by atoms with Gasteiger partial charge in [-0.3, -0.25) is 4.79 Å². The van der Waals surface area contributed by atoms with Crippen LogP contribution in [0.25, 0.3) is 22.2 Å². The predicted octanol–water partition coefficient (Wildman–Crippen LogP) is 4.25. The second kappa shape index (κ2) is 7.43. The average Bonchev–Trinajstić information content (AvgIpc) is 3.17. The standard InChI is InChI=1S/C24H28N4O2/c1-15-7-6-11-28(14-15)12-10-25-18-13-19(27(2)3)22-21-20(18)23(29)16-8-4-5-9-17(16)24(21)30-26-22/h4-5,8-9,13,15,25H,6-7,10-12,14H2,1-3H3/t15-/m1/s1. The molecule has 1 N–H and O–H groups in total. The quantitative estimate of drug-likeness (QED) is 0.537. The number of hydrogen-bond donors (Lipinski definition) is 1. The van der Waals surface area contributed by atoms with E-state index >= 15 is 0 Å². The average molecular weight is 405 g/mol. The van der Waals surface area contributed by atoms with Gasteiger partial charge in [0.2, 0.25) is 0 Å². The molecule has 1 aliphatic heterocycles. The van der Waals surface area contributed by atoms with Crippen LogP contribution in [0.4, 0.5) is 11.4 Å². The molecule has 1 saturated heterocycles. The van der Waals surface area contributed by atoms with Crippen LogP contribution >= 0.6 is 0 Å². The molecule has 0 amide bonds. The number of carbonyl (C=O) groups is 1. The zero-order chi connectivity index (χ0) is 20.8. The van der Waals surface area contributed by atoms with Crippen molar-refractivity contribution in [3.05, 3.63) is 41.5 Å². The van der Waals surface area contributed by atoms with E-state index in [0.29, 0.717) is 16.9 Å². The van der Waals surface area contributed by atoms with Gasteiger partial charge in [-0.15, -0.1) is 0 Å². The third-order valence-electron chi connectivity index (χ3n) is 6.34. The first-order valence-corrected chi connectivity index (χ1v) is 10.8. The fraction of sp³-hybridized carbons (Fsp3) is 0.417. The van der Waals surface area contributed by atoms with E-state index in [4.69, 9.17) is 4.52 Å². The molecule has 2 aliphatic rings. The van der Waals surface area contributed by atoms with Crippen molar-refractivity contribution in [3.8, 4) is 11.3 Å². The summed E-state index contributed by atoms with van der Waals surface area (Å²) in [6.45, 7) is 6.40. The molecule has 30 heavy (non-hydrogen) atoms. The van der Waals surface area contributed by atoms with Gasteiger partial charge in [0, 0.05) is 50.5 Å². The van der Waals surface area contributed by atoms with Gasteiger partial charge in [0.05, 0.1) is 16.6 Å². The molecule has 156 valence electrons. The van der Waals surface area contributed by atoms with Crippen molar-refractivity contribution >= 4 is 28.1 Å². The van der Waals surface area contributed by atoms with Crippen molar-refractivity contribution < 1.29 is 9.32 Å². The number of rotatable bonds is 5. The molecule has 5 rings (SSSR count). The van der Waals surface area contributed by atoms with Gasteiger partial charge in [0.1, 0.15) is 5.52 Å². The summed E-state index contributed by atoms with van der Waals surface area (Å²) in [4.78, 5) is 18.0. The molecule has 3 aromatic rings. The van der Waals surface area contributed by atoms with Crippen LogP contribution in [-0.2, 0) is 0 Å². The fourth-order valence-electron chi connectivity index (χ4n) is 4.86. The van der Waals surface area contributed by atoms with Crippen molar-refractivity contribution in [2.75, 3.05) is 50.5 Å². The first-order valence-electron chi connectivity index (χ1n) is 10.8. The lowest BCUT2D eigenvalue weighted by molar-refractivity contribution is 0.104. The number of carbonyl (C=O) groups excluding carboxylic acids is 1. The smallest absolute Gasteiger partial charge is 0.196 e. The molecule has 1 aliphatic carbocycles. The number of ketones is 1. The summed E-state index contributed by atoms with van der Waals surface area (Å²) in [5.41, 5.74) is 4.72. The molecule has 0 radical (unpaired) electrons. The molecule has 1 aromatic heterocycles. The van der Waals surface area contributed by atoms with E-state index in [1.807, 2.05) is 49.3 Å². The number of piperidine rings is 1. The zero-order valence-corrected chi connectivity index (χ0v) is 17.9. The molecule has 2 aromatic carbocycles. The minimum absolute atomic E-state index is 0.0331. The van der Waals surface area contributed by atoms with E-state index in [9.17, 15) is 4.79 Å². The highest BCUT2D eigenvalue weighted by molar-refractivity contribution is 6.28. The number of hydrogen-bond acceptors (Lipinski definition) is 6. The van der Waals surface area contributed by atoms with Crippen LogP contribution in [-0.4, -0.2) is 56.1 Å². The van der Waals surface area contributed by atoms with Gasteiger partial charge < -0.3 is 19.6 Å². The second-order valence-corrected chi connectivity index (χ2v) is 8.80. The van der Waals surface area contributed by atoms with Crippen molar-refractivity contribution in [1.29, 1.82) is 0 Å². The molecule has 6 nitrogen and oxygen atoms in total. The van der Waals surface area contributed by atoms with E-state index in [1.54, 1.807) is 0 Å². The van der Waals surface area contributed by atoms with E-state index in [0.717, 1.165) is 59.9 Å². The van der Waals surface area contributed by atoms with E-state index in [1.165, 1.54) is 12.8 Å². The van der Waals surface area contributed by atoms with Crippen molar-refractivity contribution in [1.82, 2.24) is 10.1 Å². The molecular formula is C24H28N4O2. The topological polar surface area (TPSA) is 61.6 Å². The highest BCUT2D eigenvalue weighted by Gasteiger charge is 2.33. The third-order valence-corrected chi connectivity index (χ3v) is 6.34. The predicted molar refractivity (Wildman–Crippen MR) is 121 cm³/mol. The van der Waals surface area contributed by atoms with Gasteiger partial charge in [0.25, 0.3) is 0 Å². The third kappa shape index (κ3) is 3.06. The van der Waals surface area contributed by atoms with Crippen LogP contribution in [0.2, 0.25) is 0 Å². The molecular weight excluding hydrogens is 376 g/mol. The monoisotopic (exact) mass is 404 g/mol. The summed E-state index contributed by atoms with van der Waals surface area (Å²) in [6.07, 6.45) is 2.59. The summed E-state index contributed by atoms with van der Waals surface area (Å²) in [5, 5.41) is 8.73. The number of anilines is 2. The molecule has 1 atom stereocenters. The number of nitrogens with zero attached hydrogens (tertiary/aromatic N) is 3. The Labute approximate surface area is 176 Å². The molecule has 0 unspecified atom stereocenters. The van der Waals surface area contributed by atoms with Crippen LogP contribution in [0.3, 0.4) is 0 Å². The lowest BCUT2D eigenvalue weighted by atomic mass is 9.86. The van der Waals surface area contributed by atoms with Gasteiger partial charge in [0.15, 0.2) is 11.5 Å².